The van der Waals surface area contributed by atoms with E-state index in [4.69, 9.17) is 4.42 Å². The van der Waals surface area contributed by atoms with Gasteiger partial charge in [0.2, 0.25) is 5.91 Å². The zero-order chi connectivity index (χ0) is 16.2. The molecule has 1 atom stereocenters. The van der Waals surface area contributed by atoms with Gasteiger partial charge in [-0.3, -0.25) is 9.59 Å². The summed E-state index contributed by atoms with van der Waals surface area (Å²) >= 11 is 1.74. The third kappa shape index (κ3) is 3.59. The highest BCUT2D eigenvalue weighted by molar-refractivity contribution is 7.99. The highest BCUT2D eigenvalue weighted by atomic mass is 32.2. The van der Waals surface area contributed by atoms with Crippen molar-refractivity contribution in [2.45, 2.75) is 12.3 Å². The van der Waals surface area contributed by atoms with Crippen molar-refractivity contribution in [3.05, 3.63) is 59.5 Å². The maximum Gasteiger partial charge on any atom is 0.287 e. The Kier molecular flexibility index (Phi) is 4.71. The lowest BCUT2D eigenvalue weighted by Crippen LogP contribution is -2.39. The Balaban J connectivity index is 1.62. The first-order chi connectivity index (χ1) is 11.1. The predicted molar refractivity (Wildman–Crippen MR) is 89.1 cm³/mol. The highest BCUT2D eigenvalue weighted by Crippen LogP contribution is 2.37. The Morgan fingerprint density at radius 1 is 1.30 bits per heavy atom. The van der Waals surface area contributed by atoms with Crippen LogP contribution in [0.15, 0.2) is 47.1 Å². The van der Waals surface area contributed by atoms with E-state index in [1.807, 2.05) is 11.8 Å². The van der Waals surface area contributed by atoms with Gasteiger partial charge in [-0.15, -0.1) is 11.8 Å². The number of hydrogen-bond donors (Lipinski definition) is 1. The van der Waals surface area contributed by atoms with E-state index in [1.165, 1.54) is 11.8 Å². The third-order valence-corrected chi connectivity index (χ3v) is 4.98. The molecule has 0 unspecified atom stereocenters. The van der Waals surface area contributed by atoms with E-state index in [9.17, 15) is 9.59 Å². The quantitative estimate of drug-likeness (QED) is 0.936. The molecule has 2 aromatic rings. The summed E-state index contributed by atoms with van der Waals surface area (Å²) in [5.74, 6) is 0.655. The average molecular weight is 330 g/mol. The average Bonchev–Trinajstić information content (AvgIpc) is 3.24. The first-order valence-electron chi connectivity index (χ1n) is 7.44. The van der Waals surface area contributed by atoms with Crippen LogP contribution in [0.5, 0.6) is 0 Å². The number of nitrogens with one attached hydrogen (secondary N) is 1. The molecule has 120 valence electrons. The Hall–Kier alpha value is -2.21. The molecule has 1 aliphatic rings. The van der Waals surface area contributed by atoms with Gasteiger partial charge in [0.15, 0.2) is 5.76 Å². The maximum atomic E-state index is 12.4. The number of aryl methyl sites for hydroxylation is 1. The number of carbonyl (C=O) groups is 2. The van der Waals surface area contributed by atoms with Gasteiger partial charge in [-0.05, 0) is 24.6 Å². The second-order valence-electron chi connectivity index (χ2n) is 5.38. The minimum atomic E-state index is -0.373. The van der Waals surface area contributed by atoms with Gasteiger partial charge >= 0.3 is 0 Å². The molecular formula is C17H18N2O3S. The van der Waals surface area contributed by atoms with Crippen molar-refractivity contribution in [1.82, 2.24) is 10.2 Å². The first kappa shape index (κ1) is 15.7. The molecule has 2 heterocycles. The van der Waals surface area contributed by atoms with Crippen LogP contribution in [0.2, 0.25) is 0 Å². The van der Waals surface area contributed by atoms with Crippen LogP contribution < -0.4 is 5.32 Å². The van der Waals surface area contributed by atoms with Gasteiger partial charge in [0, 0.05) is 12.3 Å². The van der Waals surface area contributed by atoms with Gasteiger partial charge in [0.1, 0.15) is 5.37 Å². The van der Waals surface area contributed by atoms with Gasteiger partial charge in [-0.2, -0.15) is 0 Å². The molecule has 1 aromatic heterocycles. The number of benzene rings is 1. The van der Waals surface area contributed by atoms with Crippen LogP contribution in [0.4, 0.5) is 0 Å². The van der Waals surface area contributed by atoms with Gasteiger partial charge in [0.25, 0.3) is 5.91 Å². The topological polar surface area (TPSA) is 62.6 Å². The van der Waals surface area contributed by atoms with Crippen molar-refractivity contribution < 1.29 is 14.0 Å². The molecule has 1 N–H and O–H groups in total. The fourth-order valence-electron chi connectivity index (χ4n) is 2.48. The SMILES string of the molecule is Cc1ccc([C@@H]2SCCN2C(=O)CNC(=O)c2ccco2)cc1. The molecule has 0 bridgehead atoms. The Morgan fingerprint density at radius 3 is 2.78 bits per heavy atom. The number of thioether (sulfide) groups is 1. The largest absolute Gasteiger partial charge is 0.459 e. The van der Waals surface area contributed by atoms with Crippen molar-refractivity contribution >= 4 is 23.6 Å². The van der Waals surface area contributed by atoms with Crippen LogP contribution in [0.1, 0.15) is 27.1 Å². The molecule has 5 nitrogen and oxygen atoms in total. The number of furan rings is 1. The van der Waals surface area contributed by atoms with Crippen LogP contribution in [0.3, 0.4) is 0 Å². The smallest absolute Gasteiger partial charge is 0.287 e. The second kappa shape index (κ2) is 6.91. The van der Waals surface area contributed by atoms with Gasteiger partial charge < -0.3 is 14.6 Å². The first-order valence-corrected chi connectivity index (χ1v) is 8.49. The lowest BCUT2D eigenvalue weighted by Gasteiger charge is -2.24. The van der Waals surface area contributed by atoms with Crippen LogP contribution in [-0.2, 0) is 4.79 Å². The fourth-order valence-corrected chi connectivity index (χ4v) is 3.76. The van der Waals surface area contributed by atoms with Gasteiger partial charge in [-0.1, -0.05) is 29.8 Å². The Morgan fingerprint density at radius 2 is 2.09 bits per heavy atom. The predicted octanol–water partition coefficient (Wildman–Crippen LogP) is 2.59. The molecule has 0 aliphatic carbocycles. The van der Waals surface area contributed by atoms with E-state index < -0.39 is 0 Å². The lowest BCUT2D eigenvalue weighted by molar-refractivity contribution is -0.130. The molecule has 0 spiro atoms. The Bertz CT molecular complexity index is 682. The summed E-state index contributed by atoms with van der Waals surface area (Å²) in [7, 11) is 0. The van der Waals surface area contributed by atoms with Gasteiger partial charge in [-0.25, -0.2) is 0 Å². The van der Waals surface area contributed by atoms with E-state index in [1.54, 1.807) is 23.9 Å². The van der Waals surface area contributed by atoms with E-state index in [2.05, 4.69) is 29.6 Å². The van der Waals surface area contributed by atoms with Crippen molar-refractivity contribution in [2.75, 3.05) is 18.8 Å². The summed E-state index contributed by atoms with van der Waals surface area (Å²) < 4.78 is 5.01. The zero-order valence-corrected chi connectivity index (χ0v) is 13.6. The molecule has 1 saturated heterocycles. The number of hydrogen-bond acceptors (Lipinski definition) is 4. The second-order valence-corrected chi connectivity index (χ2v) is 6.57. The molecule has 2 amide bonds. The van der Waals surface area contributed by atoms with Crippen molar-refractivity contribution in [1.29, 1.82) is 0 Å². The minimum Gasteiger partial charge on any atom is -0.459 e. The minimum absolute atomic E-state index is 0.0172. The molecule has 3 rings (SSSR count). The van der Waals surface area contributed by atoms with E-state index in [-0.39, 0.29) is 29.5 Å². The summed E-state index contributed by atoms with van der Waals surface area (Å²) in [5, 5.41) is 2.63. The van der Waals surface area contributed by atoms with Crippen molar-refractivity contribution in [3.8, 4) is 0 Å². The molecule has 1 aromatic carbocycles. The van der Waals surface area contributed by atoms with E-state index in [0.29, 0.717) is 6.54 Å². The molecule has 1 fully saturated rings. The van der Waals surface area contributed by atoms with Crippen LogP contribution >= 0.6 is 11.8 Å². The van der Waals surface area contributed by atoms with E-state index in [0.717, 1.165) is 11.3 Å². The number of nitrogens with zero attached hydrogens (tertiary/aromatic N) is 1. The summed E-state index contributed by atoms with van der Waals surface area (Å²) in [5.41, 5.74) is 2.31. The van der Waals surface area contributed by atoms with Gasteiger partial charge in [0.05, 0.1) is 12.8 Å². The number of rotatable bonds is 4. The standard InChI is InChI=1S/C17H18N2O3S/c1-12-4-6-13(7-5-12)17-19(8-10-23-17)15(20)11-18-16(21)14-3-2-9-22-14/h2-7,9,17H,8,10-11H2,1H3,(H,18,21)/t17-/m0/s1. The molecule has 6 heteroatoms. The maximum absolute atomic E-state index is 12.4. The summed E-state index contributed by atoms with van der Waals surface area (Å²) in [6, 6.07) is 11.4. The van der Waals surface area contributed by atoms with Crippen LogP contribution in [0, 0.1) is 6.92 Å². The lowest BCUT2D eigenvalue weighted by atomic mass is 10.1. The monoisotopic (exact) mass is 330 g/mol. The van der Waals surface area contributed by atoms with Crippen LogP contribution in [0.25, 0.3) is 0 Å². The summed E-state index contributed by atoms with van der Waals surface area (Å²) in [4.78, 5) is 26.1. The number of amides is 2. The Labute approximate surface area is 139 Å². The molecular weight excluding hydrogens is 312 g/mol. The molecule has 23 heavy (non-hydrogen) atoms. The number of carbonyl (C=O) groups excluding carboxylic acids is 2. The molecule has 0 radical (unpaired) electrons. The van der Waals surface area contributed by atoms with Crippen molar-refractivity contribution in [3.63, 3.8) is 0 Å². The van der Waals surface area contributed by atoms with Crippen molar-refractivity contribution in [2.24, 2.45) is 0 Å². The molecule has 1 aliphatic heterocycles. The van der Waals surface area contributed by atoms with E-state index >= 15 is 0 Å². The normalized spacial score (nSPS) is 17.3. The third-order valence-electron chi connectivity index (χ3n) is 3.72. The zero-order valence-electron chi connectivity index (χ0n) is 12.8. The molecule has 0 saturated carbocycles. The van der Waals surface area contributed by atoms with Crippen LogP contribution in [-0.4, -0.2) is 35.6 Å². The summed E-state index contributed by atoms with van der Waals surface area (Å²) in [6.45, 7) is 2.71. The summed E-state index contributed by atoms with van der Waals surface area (Å²) in [6.07, 6.45) is 1.43. The fraction of sp³-hybridized carbons (Fsp3) is 0.294. The highest BCUT2D eigenvalue weighted by Gasteiger charge is 2.30.